The van der Waals surface area contributed by atoms with Gasteiger partial charge in [-0.2, -0.15) is 0 Å². The van der Waals surface area contributed by atoms with E-state index < -0.39 is 22.8 Å². The summed E-state index contributed by atoms with van der Waals surface area (Å²) in [4.78, 5) is 12.2. The first-order valence-corrected chi connectivity index (χ1v) is 6.29. The second-order valence-electron chi connectivity index (χ2n) is 6.15. The monoisotopic (exact) mass is 266 g/mol. The van der Waals surface area contributed by atoms with E-state index in [4.69, 9.17) is 9.47 Å². The van der Waals surface area contributed by atoms with Crippen LogP contribution in [0.1, 0.15) is 40.2 Å². The molecular weight excluding hydrogens is 247 g/mol. The van der Waals surface area contributed by atoms with Crippen LogP contribution in [-0.2, 0) is 19.9 Å². The molecule has 0 amide bonds. The van der Waals surface area contributed by atoms with Gasteiger partial charge < -0.3 is 9.47 Å². The predicted octanol–water partition coefficient (Wildman–Crippen LogP) is 3.17. The zero-order chi connectivity index (χ0) is 14.5. The van der Waals surface area contributed by atoms with Crippen LogP contribution in [-0.4, -0.2) is 17.2 Å². The van der Waals surface area contributed by atoms with Gasteiger partial charge in [0.05, 0.1) is 0 Å². The lowest BCUT2D eigenvalue weighted by Gasteiger charge is -2.22. The summed E-state index contributed by atoms with van der Waals surface area (Å²) < 4.78 is 24.7. The van der Waals surface area contributed by atoms with Gasteiger partial charge >= 0.3 is 5.97 Å². The van der Waals surface area contributed by atoms with Crippen LogP contribution in [0.2, 0.25) is 0 Å². The summed E-state index contributed by atoms with van der Waals surface area (Å²) in [5.41, 5.74) is -2.32. The fourth-order valence-electron chi connectivity index (χ4n) is 2.15. The number of carbonyl (C=O) groups is 1. The summed E-state index contributed by atoms with van der Waals surface area (Å²) in [6.07, 6.45) is 0. The lowest BCUT2D eigenvalue weighted by molar-refractivity contribution is -0.160. The number of hydrogen-bond donors (Lipinski definition) is 0. The van der Waals surface area contributed by atoms with Crippen molar-refractivity contribution in [3.05, 3.63) is 35.6 Å². The minimum absolute atomic E-state index is 0.378. The van der Waals surface area contributed by atoms with Gasteiger partial charge in [0.2, 0.25) is 0 Å². The van der Waals surface area contributed by atoms with Crippen molar-refractivity contribution >= 4 is 5.97 Å². The zero-order valence-corrected chi connectivity index (χ0v) is 11.9. The number of halogens is 1. The van der Waals surface area contributed by atoms with Crippen LogP contribution in [0.5, 0.6) is 0 Å². The Balaban J connectivity index is 2.27. The molecule has 1 aliphatic heterocycles. The molecule has 0 saturated carbocycles. The molecule has 2 unspecified atom stereocenters. The van der Waals surface area contributed by atoms with E-state index in [1.54, 1.807) is 52.8 Å². The molecule has 0 bridgehead atoms. The molecule has 1 aliphatic rings. The highest BCUT2D eigenvalue weighted by Crippen LogP contribution is 2.56. The van der Waals surface area contributed by atoms with Crippen molar-refractivity contribution in [1.82, 2.24) is 0 Å². The minimum atomic E-state index is -1.14. The van der Waals surface area contributed by atoms with Crippen LogP contribution in [0.3, 0.4) is 0 Å². The van der Waals surface area contributed by atoms with Crippen molar-refractivity contribution in [2.24, 2.45) is 0 Å². The van der Waals surface area contributed by atoms with E-state index in [-0.39, 0.29) is 5.82 Å². The van der Waals surface area contributed by atoms with E-state index in [2.05, 4.69) is 0 Å². The van der Waals surface area contributed by atoms with Crippen LogP contribution in [0, 0.1) is 5.82 Å². The molecule has 4 heteroatoms. The molecule has 0 spiro atoms. The summed E-state index contributed by atoms with van der Waals surface area (Å²) in [6, 6.07) is 6.32. The maximum atomic E-state index is 13.8. The summed E-state index contributed by atoms with van der Waals surface area (Å²) in [5.74, 6) is -0.844. The van der Waals surface area contributed by atoms with E-state index in [0.717, 1.165) is 0 Å². The predicted molar refractivity (Wildman–Crippen MR) is 69.1 cm³/mol. The van der Waals surface area contributed by atoms with Gasteiger partial charge in [-0.15, -0.1) is 0 Å². The fraction of sp³-hybridized carbons (Fsp3) is 0.533. The average Bonchev–Trinajstić information content (AvgIpc) is 2.82. The summed E-state index contributed by atoms with van der Waals surface area (Å²) in [7, 11) is 0. The van der Waals surface area contributed by atoms with Gasteiger partial charge in [0.1, 0.15) is 17.0 Å². The standard InChI is InChI=1S/C15H19FO3/c1-13(2,3)18-12(17)15(5)14(4,19-15)10-8-6-7-9-11(10)16/h6-9H,1-5H3. The second-order valence-corrected chi connectivity index (χ2v) is 6.15. The molecule has 104 valence electrons. The third kappa shape index (κ3) is 2.25. The first-order chi connectivity index (χ1) is 8.60. The lowest BCUT2D eigenvalue weighted by Crippen LogP contribution is -2.36. The Kier molecular flexibility index (Phi) is 2.97. The molecule has 1 aromatic carbocycles. The first kappa shape index (κ1) is 14.0. The maximum Gasteiger partial charge on any atom is 0.342 e. The highest BCUT2D eigenvalue weighted by atomic mass is 19.1. The molecule has 2 atom stereocenters. The highest BCUT2D eigenvalue weighted by Gasteiger charge is 2.71. The number of esters is 1. The molecule has 1 aromatic rings. The molecule has 0 aliphatic carbocycles. The molecule has 1 fully saturated rings. The zero-order valence-electron chi connectivity index (χ0n) is 11.9. The fourth-order valence-corrected chi connectivity index (χ4v) is 2.15. The third-order valence-corrected chi connectivity index (χ3v) is 3.45. The van der Waals surface area contributed by atoms with E-state index >= 15 is 0 Å². The summed E-state index contributed by atoms with van der Waals surface area (Å²) in [5, 5.41) is 0. The Hall–Kier alpha value is -1.42. The topological polar surface area (TPSA) is 38.8 Å². The summed E-state index contributed by atoms with van der Waals surface area (Å²) in [6.45, 7) is 8.70. The van der Waals surface area contributed by atoms with Crippen molar-refractivity contribution in [2.45, 2.75) is 51.4 Å². The van der Waals surface area contributed by atoms with Gasteiger partial charge in [-0.1, -0.05) is 18.2 Å². The third-order valence-electron chi connectivity index (χ3n) is 3.45. The second kappa shape index (κ2) is 4.04. The van der Waals surface area contributed by atoms with Gasteiger partial charge in [0, 0.05) is 5.56 Å². The number of benzene rings is 1. The molecule has 2 rings (SSSR count). The van der Waals surface area contributed by atoms with Crippen molar-refractivity contribution in [1.29, 1.82) is 0 Å². The van der Waals surface area contributed by atoms with E-state index in [0.29, 0.717) is 5.56 Å². The summed E-state index contributed by atoms with van der Waals surface area (Å²) >= 11 is 0. The highest BCUT2D eigenvalue weighted by molar-refractivity contribution is 5.85. The van der Waals surface area contributed by atoms with Crippen LogP contribution >= 0.6 is 0 Å². The van der Waals surface area contributed by atoms with Gasteiger partial charge in [-0.3, -0.25) is 0 Å². The normalized spacial score (nSPS) is 30.0. The van der Waals surface area contributed by atoms with Crippen LogP contribution in [0.15, 0.2) is 24.3 Å². The molecule has 3 nitrogen and oxygen atoms in total. The first-order valence-electron chi connectivity index (χ1n) is 6.29. The van der Waals surface area contributed by atoms with Crippen molar-refractivity contribution in [3.8, 4) is 0 Å². The van der Waals surface area contributed by atoms with Gasteiger partial charge in [0.25, 0.3) is 0 Å². The van der Waals surface area contributed by atoms with Crippen molar-refractivity contribution < 1.29 is 18.7 Å². The van der Waals surface area contributed by atoms with Crippen molar-refractivity contribution in [2.75, 3.05) is 0 Å². The Morgan fingerprint density at radius 3 is 2.37 bits per heavy atom. The number of carbonyl (C=O) groups excluding carboxylic acids is 1. The number of hydrogen-bond acceptors (Lipinski definition) is 3. The lowest BCUT2D eigenvalue weighted by atomic mass is 9.88. The SMILES string of the molecule is CC(C)(C)OC(=O)C1(C)OC1(C)c1ccccc1F. The molecular formula is C15H19FO3. The van der Waals surface area contributed by atoms with Crippen LogP contribution in [0.25, 0.3) is 0 Å². The Labute approximate surface area is 112 Å². The quantitative estimate of drug-likeness (QED) is 0.609. The molecule has 0 N–H and O–H groups in total. The van der Waals surface area contributed by atoms with E-state index in [9.17, 15) is 9.18 Å². The number of rotatable bonds is 2. The Morgan fingerprint density at radius 2 is 1.84 bits per heavy atom. The Bertz CT molecular complexity index is 520. The molecule has 1 saturated heterocycles. The average molecular weight is 266 g/mol. The number of epoxide rings is 1. The van der Waals surface area contributed by atoms with Gasteiger partial charge in [0.15, 0.2) is 5.60 Å². The van der Waals surface area contributed by atoms with E-state index in [1.807, 2.05) is 0 Å². The molecule has 0 radical (unpaired) electrons. The molecule has 0 aromatic heterocycles. The number of ether oxygens (including phenoxy) is 2. The smallest absolute Gasteiger partial charge is 0.342 e. The largest absolute Gasteiger partial charge is 0.458 e. The Morgan fingerprint density at radius 1 is 1.26 bits per heavy atom. The van der Waals surface area contributed by atoms with Crippen molar-refractivity contribution in [3.63, 3.8) is 0 Å². The molecule has 1 heterocycles. The van der Waals surface area contributed by atoms with Crippen LogP contribution in [0.4, 0.5) is 4.39 Å². The van der Waals surface area contributed by atoms with Crippen LogP contribution < -0.4 is 0 Å². The van der Waals surface area contributed by atoms with E-state index in [1.165, 1.54) is 6.07 Å². The maximum absolute atomic E-state index is 13.8. The minimum Gasteiger partial charge on any atom is -0.458 e. The van der Waals surface area contributed by atoms with Gasteiger partial charge in [-0.05, 0) is 40.7 Å². The van der Waals surface area contributed by atoms with Gasteiger partial charge in [-0.25, -0.2) is 9.18 Å². The molecule has 19 heavy (non-hydrogen) atoms.